The van der Waals surface area contributed by atoms with Gasteiger partial charge in [-0.25, -0.2) is 4.68 Å². The van der Waals surface area contributed by atoms with Crippen molar-refractivity contribution in [3.05, 3.63) is 36.8 Å². The van der Waals surface area contributed by atoms with Crippen LogP contribution in [0.5, 0.6) is 5.88 Å². The molecule has 0 radical (unpaired) electrons. The lowest BCUT2D eigenvalue weighted by Gasteiger charge is -2.30. The Morgan fingerprint density at radius 2 is 1.93 bits per heavy atom. The largest absolute Gasteiger partial charge is 0.474 e. The molecule has 1 aliphatic carbocycles. The van der Waals surface area contributed by atoms with E-state index >= 15 is 0 Å². The molecule has 3 aromatic heterocycles. The van der Waals surface area contributed by atoms with Crippen molar-refractivity contribution in [2.45, 2.75) is 37.8 Å². The van der Waals surface area contributed by atoms with Gasteiger partial charge in [0, 0.05) is 31.5 Å². The number of ether oxygens (including phenoxy) is 2. The lowest BCUT2D eigenvalue weighted by Crippen LogP contribution is -2.36. The zero-order chi connectivity index (χ0) is 18.8. The van der Waals surface area contributed by atoms with E-state index < -0.39 is 0 Å². The molecular formula is C20H24N6O2. The highest BCUT2D eigenvalue weighted by atomic mass is 16.5. The Kier molecular flexibility index (Phi) is 4.78. The average molecular weight is 380 g/mol. The fraction of sp³-hybridized carbons (Fsp3) is 0.500. The predicted molar refractivity (Wildman–Crippen MR) is 105 cm³/mol. The van der Waals surface area contributed by atoms with Crippen molar-refractivity contribution in [2.24, 2.45) is 0 Å². The predicted octanol–water partition coefficient (Wildman–Crippen LogP) is 2.62. The van der Waals surface area contributed by atoms with Gasteiger partial charge in [0.25, 0.3) is 0 Å². The fourth-order valence-electron chi connectivity index (χ4n) is 4.07. The standard InChI is InChI=1S/C20H24N6O2/c1-2-17-18(21-7-1)14-19(25-10-12-27-13-11-25)23-20(17)28-16-5-3-15(4-6-16)26-9-8-22-24-26/h1-2,7-9,14-16H,3-6,10-13H2/t15-,16+. The van der Waals surface area contributed by atoms with E-state index in [1.807, 2.05) is 29.2 Å². The third-order valence-electron chi connectivity index (χ3n) is 5.62. The number of hydrogen-bond donors (Lipinski definition) is 0. The van der Waals surface area contributed by atoms with Gasteiger partial charge in [0.2, 0.25) is 5.88 Å². The van der Waals surface area contributed by atoms with Crippen LogP contribution in [0.25, 0.3) is 10.9 Å². The Hall–Kier alpha value is -2.74. The molecule has 8 heteroatoms. The number of fused-ring (bicyclic) bond motifs is 1. The minimum Gasteiger partial charge on any atom is -0.474 e. The maximum atomic E-state index is 6.41. The Labute approximate surface area is 163 Å². The number of nitrogens with zero attached hydrogens (tertiary/aromatic N) is 6. The molecule has 2 aliphatic rings. The molecule has 0 spiro atoms. The topological polar surface area (TPSA) is 78.2 Å². The van der Waals surface area contributed by atoms with Gasteiger partial charge in [-0.3, -0.25) is 4.98 Å². The van der Waals surface area contributed by atoms with Crippen LogP contribution in [0.2, 0.25) is 0 Å². The van der Waals surface area contributed by atoms with E-state index in [1.165, 1.54) is 0 Å². The van der Waals surface area contributed by atoms with Gasteiger partial charge in [-0.2, -0.15) is 4.98 Å². The number of morpholine rings is 1. The molecule has 3 aromatic rings. The Bertz CT molecular complexity index is 918. The summed E-state index contributed by atoms with van der Waals surface area (Å²) in [5, 5.41) is 9.04. The Morgan fingerprint density at radius 1 is 1.07 bits per heavy atom. The van der Waals surface area contributed by atoms with E-state index in [4.69, 9.17) is 14.5 Å². The van der Waals surface area contributed by atoms with Crippen LogP contribution in [-0.4, -0.2) is 57.4 Å². The lowest BCUT2D eigenvalue weighted by molar-refractivity contribution is 0.120. The van der Waals surface area contributed by atoms with Crippen molar-refractivity contribution in [3.63, 3.8) is 0 Å². The fourth-order valence-corrected chi connectivity index (χ4v) is 4.07. The van der Waals surface area contributed by atoms with E-state index in [2.05, 4.69) is 26.3 Å². The van der Waals surface area contributed by atoms with Crippen LogP contribution in [0.15, 0.2) is 36.8 Å². The van der Waals surface area contributed by atoms with Crippen LogP contribution < -0.4 is 9.64 Å². The number of anilines is 1. The van der Waals surface area contributed by atoms with E-state index in [0.717, 1.165) is 68.7 Å². The minimum atomic E-state index is 0.163. The van der Waals surface area contributed by atoms with Crippen molar-refractivity contribution in [1.82, 2.24) is 25.0 Å². The monoisotopic (exact) mass is 380 g/mol. The van der Waals surface area contributed by atoms with E-state index in [0.29, 0.717) is 11.9 Å². The molecule has 2 fully saturated rings. The molecule has 1 saturated heterocycles. The van der Waals surface area contributed by atoms with Gasteiger partial charge in [0.1, 0.15) is 11.9 Å². The van der Waals surface area contributed by atoms with E-state index in [1.54, 1.807) is 6.20 Å². The van der Waals surface area contributed by atoms with E-state index in [-0.39, 0.29) is 6.10 Å². The maximum Gasteiger partial charge on any atom is 0.225 e. The van der Waals surface area contributed by atoms with Gasteiger partial charge in [-0.1, -0.05) is 5.21 Å². The third-order valence-corrected chi connectivity index (χ3v) is 5.62. The molecule has 4 heterocycles. The highest BCUT2D eigenvalue weighted by molar-refractivity contribution is 5.85. The molecule has 8 nitrogen and oxygen atoms in total. The Morgan fingerprint density at radius 3 is 2.71 bits per heavy atom. The lowest BCUT2D eigenvalue weighted by atomic mass is 9.93. The molecule has 1 saturated carbocycles. The van der Waals surface area contributed by atoms with Crippen LogP contribution in [0.4, 0.5) is 5.82 Å². The van der Waals surface area contributed by atoms with Gasteiger partial charge in [-0.15, -0.1) is 5.10 Å². The first-order chi connectivity index (χ1) is 13.9. The summed E-state index contributed by atoms with van der Waals surface area (Å²) < 4.78 is 13.8. The summed E-state index contributed by atoms with van der Waals surface area (Å²) in [7, 11) is 0. The van der Waals surface area contributed by atoms with Crippen molar-refractivity contribution >= 4 is 16.7 Å². The second-order valence-corrected chi connectivity index (χ2v) is 7.39. The van der Waals surface area contributed by atoms with Gasteiger partial charge in [0.05, 0.1) is 36.4 Å². The molecule has 0 unspecified atom stereocenters. The van der Waals surface area contributed by atoms with Crippen LogP contribution in [-0.2, 0) is 4.74 Å². The first kappa shape index (κ1) is 17.4. The highest BCUT2D eigenvalue weighted by Crippen LogP contribution is 2.33. The second-order valence-electron chi connectivity index (χ2n) is 7.39. The number of rotatable bonds is 4. The van der Waals surface area contributed by atoms with Gasteiger partial charge in [0.15, 0.2) is 0 Å². The van der Waals surface area contributed by atoms with Gasteiger partial charge >= 0.3 is 0 Å². The molecule has 5 rings (SSSR count). The summed E-state index contributed by atoms with van der Waals surface area (Å²) in [6.45, 7) is 3.14. The maximum absolute atomic E-state index is 6.41. The van der Waals surface area contributed by atoms with Gasteiger partial charge < -0.3 is 14.4 Å². The normalized spacial score (nSPS) is 23.1. The van der Waals surface area contributed by atoms with Crippen LogP contribution >= 0.6 is 0 Å². The zero-order valence-corrected chi connectivity index (χ0v) is 15.8. The van der Waals surface area contributed by atoms with Crippen LogP contribution in [0, 0.1) is 0 Å². The molecule has 0 bridgehead atoms. The summed E-state index contributed by atoms with van der Waals surface area (Å²) in [6.07, 6.45) is 9.70. The van der Waals surface area contributed by atoms with Crippen molar-refractivity contribution < 1.29 is 9.47 Å². The summed E-state index contributed by atoms with van der Waals surface area (Å²) in [4.78, 5) is 11.7. The summed E-state index contributed by atoms with van der Waals surface area (Å²) in [5.74, 6) is 1.61. The molecule has 0 N–H and O–H groups in total. The minimum absolute atomic E-state index is 0.163. The molecular weight excluding hydrogens is 356 g/mol. The second kappa shape index (κ2) is 7.71. The summed E-state index contributed by atoms with van der Waals surface area (Å²) >= 11 is 0. The molecule has 146 valence electrons. The Balaban J connectivity index is 1.36. The molecule has 28 heavy (non-hydrogen) atoms. The summed E-state index contributed by atoms with van der Waals surface area (Å²) in [6, 6.07) is 6.44. The average Bonchev–Trinajstić information content (AvgIpc) is 3.30. The number of hydrogen-bond acceptors (Lipinski definition) is 7. The van der Waals surface area contributed by atoms with Crippen molar-refractivity contribution in [3.8, 4) is 5.88 Å². The van der Waals surface area contributed by atoms with Crippen LogP contribution in [0.1, 0.15) is 31.7 Å². The molecule has 0 atom stereocenters. The number of pyridine rings is 2. The zero-order valence-electron chi connectivity index (χ0n) is 15.8. The third kappa shape index (κ3) is 3.52. The molecule has 1 aliphatic heterocycles. The molecule has 0 aromatic carbocycles. The van der Waals surface area contributed by atoms with Crippen molar-refractivity contribution in [2.75, 3.05) is 31.2 Å². The highest BCUT2D eigenvalue weighted by Gasteiger charge is 2.25. The van der Waals surface area contributed by atoms with Crippen LogP contribution in [0.3, 0.4) is 0 Å². The number of aromatic nitrogens is 5. The first-order valence-electron chi connectivity index (χ1n) is 9.98. The van der Waals surface area contributed by atoms with E-state index in [9.17, 15) is 0 Å². The quantitative estimate of drug-likeness (QED) is 0.688. The molecule has 0 amide bonds. The SMILES string of the molecule is c1cnc2cc(N3CCOCC3)nc(O[C@H]3CC[C@@H](n4ccnn4)CC3)c2c1. The van der Waals surface area contributed by atoms with Crippen molar-refractivity contribution in [1.29, 1.82) is 0 Å². The summed E-state index contributed by atoms with van der Waals surface area (Å²) in [5.41, 5.74) is 0.922. The first-order valence-corrected chi connectivity index (χ1v) is 9.98. The smallest absolute Gasteiger partial charge is 0.225 e. The van der Waals surface area contributed by atoms with Gasteiger partial charge in [-0.05, 0) is 37.8 Å².